The van der Waals surface area contributed by atoms with Crippen LogP contribution in [-0.2, 0) is 11.2 Å². The molecule has 1 aromatic heterocycles. The Balaban J connectivity index is 1.47. The molecular weight excluding hydrogens is 547 g/mol. The van der Waals surface area contributed by atoms with E-state index < -0.39 is 6.61 Å². The standard InChI is InChI=1S/C19H26F2N3O2.Pb/c1-24-7-5-14-17(15(24)3-2-8-25-18(20)21)16(4-6-23-14)26-13-9-19(10-13)11-22-12-19;/h4,6,13,15,18,22H,1-3,5,7-12H2;. The first kappa shape index (κ1) is 19.9. The molecule has 1 spiro atoms. The summed E-state index contributed by atoms with van der Waals surface area (Å²) in [5, 5.41) is 3.36. The fraction of sp³-hybridized carbons (Fsp3) is 0.737. The van der Waals surface area contributed by atoms with Crippen LogP contribution in [0.25, 0.3) is 0 Å². The molecule has 3 radical (unpaired) electrons. The number of fused-ring (bicyclic) bond motifs is 1. The number of nitrogens with one attached hydrogen (secondary N) is 1. The summed E-state index contributed by atoms with van der Waals surface area (Å²) in [6.07, 6.45) is 6.70. The SMILES string of the molecule is FC(F)OCCCC1c2c(OC3CC4(CNC4)C3)ccnc2CCN1[CH2][Pb]. The van der Waals surface area contributed by atoms with E-state index in [1.165, 1.54) is 5.56 Å². The molecule has 1 atom stereocenters. The van der Waals surface area contributed by atoms with E-state index >= 15 is 0 Å². The van der Waals surface area contributed by atoms with Gasteiger partial charge in [0.2, 0.25) is 0 Å². The first-order chi connectivity index (χ1) is 13.1. The van der Waals surface area contributed by atoms with E-state index in [2.05, 4.69) is 19.9 Å². The van der Waals surface area contributed by atoms with Gasteiger partial charge in [0.1, 0.15) is 0 Å². The van der Waals surface area contributed by atoms with Crippen LogP contribution in [0.5, 0.6) is 5.75 Å². The van der Waals surface area contributed by atoms with Gasteiger partial charge in [0.05, 0.1) is 0 Å². The number of aromatic nitrogens is 1. The molecule has 1 aromatic rings. The van der Waals surface area contributed by atoms with Crippen molar-refractivity contribution in [1.29, 1.82) is 0 Å². The summed E-state index contributed by atoms with van der Waals surface area (Å²) in [5.74, 6) is 0.951. The number of rotatable bonds is 8. The Morgan fingerprint density at radius 1 is 1.37 bits per heavy atom. The van der Waals surface area contributed by atoms with Gasteiger partial charge in [0.25, 0.3) is 0 Å². The van der Waals surface area contributed by atoms with E-state index in [-0.39, 0.29) is 18.8 Å². The van der Waals surface area contributed by atoms with Gasteiger partial charge < -0.3 is 0 Å². The first-order valence-corrected chi connectivity index (χ1v) is 12.5. The summed E-state index contributed by atoms with van der Waals surface area (Å²) in [5.41, 5.74) is 2.77. The fourth-order valence-corrected chi connectivity index (χ4v) is 6.12. The zero-order valence-corrected chi connectivity index (χ0v) is 19.3. The number of hydrogen-bond acceptors (Lipinski definition) is 5. The molecule has 1 saturated heterocycles. The van der Waals surface area contributed by atoms with E-state index in [0.29, 0.717) is 11.8 Å². The molecular formula is C19H26F2N3O2Pb. The van der Waals surface area contributed by atoms with Crippen molar-refractivity contribution >= 4 is 25.8 Å². The fourth-order valence-electron chi connectivity index (χ4n) is 4.64. The molecule has 1 aliphatic carbocycles. The molecule has 5 nitrogen and oxygen atoms in total. The molecule has 0 bridgehead atoms. The van der Waals surface area contributed by atoms with Crippen LogP contribution >= 0.6 is 0 Å². The van der Waals surface area contributed by atoms with Crippen LogP contribution < -0.4 is 10.1 Å². The van der Waals surface area contributed by atoms with Gasteiger partial charge in [-0.3, -0.25) is 0 Å². The number of halogens is 2. The van der Waals surface area contributed by atoms with Crippen molar-refractivity contribution in [3.8, 4) is 5.75 Å². The topological polar surface area (TPSA) is 46.6 Å². The van der Waals surface area contributed by atoms with Crippen LogP contribution in [0.1, 0.15) is 43.0 Å². The molecule has 27 heavy (non-hydrogen) atoms. The molecule has 3 aliphatic rings. The van der Waals surface area contributed by atoms with Crippen LogP contribution in [0.15, 0.2) is 12.3 Å². The Morgan fingerprint density at radius 3 is 2.85 bits per heavy atom. The van der Waals surface area contributed by atoms with Gasteiger partial charge in [-0.15, -0.1) is 0 Å². The summed E-state index contributed by atoms with van der Waals surface area (Å²) in [7, 11) is 0. The summed E-state index contributed by atoms with van der Waals surface area (Å²) in [6, 6.07) is 2.18. The van der Waals surface area contributed by atoms with Crippen molar-refractivity contribution in [2.24, 2.45) is 5.41 Å². The summed E-state index contributed by atoms with van der Waals surface area (Å²) in [4.78, 5) is 7.07. The first-order valence-electron chi connectivity index (χ1n) is 9.74. The second-order valence-electron chi connectivity index (χ2n) is 7.93. The number of ether oxygens (including phenoxy) is 2. The monoisotopic (exact) mass is 574 g/mol. The van der Waals surface area contributed by atoms with Crippen LogP contribution in [0, 0.1) is 5.41 Å². The minimum absolute atomic E-state index is 0.0904. The second kappa shape index (κ2) is 8.54. The van der Waals surface area contributed by atoms with Crippen molar-refractivity contribution in [2.45, 2.75) is 50.9 Å². The Hall–Kier alpha value is -0.388. The van der Waals surface area contributed by atoms with E-state index in [4.69, 9.17) is 4.74 Å². The van der Waals surface area contributed by atoms with Gasteiger partial charge in [0.15, 0.2) is 0 Å². The van der Waals surface area contributed by atoms with Crippen molar-refractivity contribution in [2.75, 3.05) is 30.3 Å². The van der Waals surface area contributed by atoms with Crippen LogP contribution in [-0.4, -0.2) is 78.7 Å². The Labute approximate surface area is 174 Å². The third kappa shape index (κ3) is 4.30. The normalized spacial score (nSPS) is 24.5. The van der Waals surface area contributed by atoms with Crippen LogP contribution in [0.2, 0.25) is 0 Å². The van der Waals surface area contributed by atoms with E-state index in [1.807, 2.05) is 12.3 Å². The van der Waals surface area contributed by atoms with Gasteiger partial charge in [-0.05, 0) is 0 Å². The average Bonchev–Trinajstić information content (AvgIpc) is 2.59. The van der Waals surface area contributed by atoms with Crippen molar-refractivity contribution in [3.05, 3.63) is 23.5 Å². The summed E-state index contributed by atoms with van der Waals surface area (Å²) < 4.78 is 36.5. The maximum absolute atomic E-state index is 12.3. The third-order valence-electron chi connectivity index (χ3n) is 6.13. The average molecular weight is 574 g/mol. The summed E-state index contributed by atoms with van der Waals surface area (Å²) >= 11 is 1.08. The molecule has 2 fully saturated rings. The molecule has 0 aromatic carbocycles. The molecule has 3 heterocycles. The molecule has 2 aliphatic heterocycles. The zero-order valence-electron chi connectivity index (χ0n) is 15.4. The maximum atomic E-state index is 12.3. The summed E-state index contributed by atoms with van der Waals surface area (Å²) in [6.45, 7) is 0.606. The second-order valence-corrected chi connectivity index (χ2v) is 9.16. The number of alkyl halides is 2. The van der Waals surface area contributed by atoms with E-state index in [9.17, 15) is 8.78 Å². The van der Waals surface area contributed by atoms with Crippen LogP contribution in [0.4, 0.5) is 8.78 Å². The van der Waals surface area contributed by atoms with Gasteiger partial charge >= 0.3 is 175 Å². The Bertz CT molecular complexity index is 652. The molecule has 1 unspecified atom stereocenters. The molecule has 0 amide bonds. The van der Waals surface area contributed by atoms with Gasteiger partial charge in [-0.25, -0.2) is 0 Å². The van der Waals surface area contributed by atoms with Gasteiger partial charge in [-0.1, -0.05) is 0 Å². The van der Waals surface area contributed by atoms with Gasteiger partial charge in [-0.2, -0.15) is 0 Å². The predicted molar refractivity (Wildman–Crippen MR) is 98.2 cm³/mol. The quantitative estimate of drug-likeness (QED) is 0.382. The minimum atomic E-state index is -2.69. The zero-order chi connectivity index (χ0) is 18.9. The number of hydrogen-bond donors (Lipinski definition) is 1. The molecule has 147 valence electrons. The van der Waals surface area contributed by atoms with Crippen molar-refractivity contribution in [1.82, 2.24) is 15.2 Å². The molecule has 4 rings (SSSR count). The third-order valence-corrected chi connectivity index (χ3v) is 7.71. The Kier molecular flexibility index (Phi) is 6.30. The molecule has 1 N–H and O–H groups in total. The molecule has 8 heteroatoms. The van der Waals surface area contributed by atoms with E-state index in [0.717, 1.165) is 86.6 Å². The van der Waals surface area contributed by atoms with Crippen LogP contribution in [0.3, 0.4) is 0 Å². The van der Waals surface area contributed by atoms with Gasteiger partial charge in [0, 0.05) is 0 Å². The molecule has 1 saturated carbocycles. The predicted octanol–water partition coefficient (Wildman–Crippen LogP) is 2.26. The Morgan fingerprint density at radius 2 is 2.19 bits per heavy atom. The van der Waals surface area contributed by atoms with E-state index in [1.54, 1.807) is 0 Å². The van der Waals surface area contributed by atoms with Crippen molar-refractivity contribution < 1.29 is 18.3 Å². The van der Waals surface area contributed by atoms with Crippen molar-refractivity contribution in [3.63, 3.8) is 0 Å². The number of pyridine rings is 1. The number of nitrogens with zero attached hydrogens (tertiary/aromatic N) is 2.